The third kappa shape index (κ3) is 5.63. The van der Waals surface area contributed by atoms with E-state index in [1.165, 1.54) is 27.5 Å². The van der Waals surface area contributed by atoms with Gasteiger partial charge >= 0.3 is 0 Å². The molecule has 0 aromatic heterocycles. The average Bonchev–Trinajstić information content (AvgIpc) is 2.71. The van der Waals surface area contributed by atoms with E-state index in [2.05, 4.69) is 10.5 Å². The number of rotatable bonds is 9. The van der Waals surface area contributed by atoms with E-state index in [0.717, 1.165) is 0 Å². The molecule has 0 heterocycles. The Bertz CT molecular complexity index is 860. The topological polar surface area (TPSA) is 121 Å². The summed E-state index contributed by atoms with van der Waals surface area (Å²) in [7, 11) is 4.46. The van der Waals surface area contributed by atoms with Crippen LogP contribution in [0.15, 0.2) is 41.5 Å². The molecule has 9 nitrogen and oxygen atoms in total. The molecule has 28 heavy (non-hydrogen) atoms. The van der Waals surface area contributed by atoms with Gasteiger partial charge in [0.2, 0.25) is 0 Å². The summed E-state index contributed by atoms with van der Waals surface area (Å²) in [6, 6.07) is 9.73. The lowest BCUT2D eigenvalue weighted by atomic mass is 10.2. The quantitative estimate of drug-likeness (QED) is 0.495. The van der Waals surface area contributed by atoms with Crippen LogP contribution in [0.25, 0.3) is 0 Å². The molecule has 0 saturated heterocycles. The summed E-state index contributed by atoms with van der Waals surface area (Å²) in [5, 5.41) is 3.93. The van der Waals surface area contributed by atoms with Crippen LogP contribution in [0.5, 0.6) is 23.0 Å². The van der Waals surface area contributed by atoms with Crippen molar-refractivity contribution in [3.05, 3.63) is 47.5 Å². The van der Waals surface area contributed by atoms with Crippen LogP contribution in [0.1, 0.15) is 15.9 Å². The first kappa shape index (κ1) is 20.6. The normalized spacial score (nSPS) is 10.4. The van der Waals surface area contributed by atoms with Crippen molar-refractivity contribution in [2.75, 3.05) is 27.9 Å². The monoisotopic (exact) mass is 387 g/mol. The van der Waals surface area contributed by atoms with Crippen molar-refractivity contribution in [2.45, 2.75) is 0 Å². The Labute approximate surface area is 162 Å². The molecule has 9 heteroatoms. The lowest BCUT2D eigenvalue weighted by Crippen LogP contribution is -2.20. The molecule has 2 aromatic carbocycles. The number of nitrogens with two attached hydrogens (primary N) is 1. The molecule has 0 bridgehead atoms. The Morgan fingerprint density at radius 3 is 2.25 bits per heavy atom. The molecular weight excluding hydrogens is 366 g/mol. The molecule has 2 rings (SSSR count). The minimum atomic E-state index is -0.593. The molecule has 0 unspecified atom stereocenters. The maximum Gasteiger partial charge on any atom is 0.271 e. The number of carbonyl (C=O) groups is 2. The Morgan fingerprint density at radius 1 is 1.00 bits per heavy atom. The SMILES string of the molecule is COc1cc(OC)cc(C(=O)N/N=C\c2ccc(OCC(N)=O)c(OC)c2)c1. The average molecular weight is 387 g/mol. The number of nitrogens with zero attached hydrogens (tertiary/aromatic N) is 1. The number of methoxy groups -OCH3 is 3. The molecular formula is C19H21N3O6. The van der Waals surface area contributed by atoms with Crippen LogP contribution < -0.4 is 30.1 Å². The number of hydrazone groups is 1. The van der Waals surface area contributed by atoms with Gasteiger partial charge in [0.05, 0.1) is 27.5 Å². The Morgan fingerprint density at radius 2 is 1.68 bits per heavy atom. The van der Waals surface area contributed by atoms with Gasteiger partial charge in [-0.3, -0.25) is 9.59 Å². The van der Waals surface area contributed by atoms with Gasteiger partial charge in [-0.25, -0.2) is 5.43 Å². The molecule has 0 saturated carbocycles. The van der Waals surface area contributed by atoms with Gasteiger partial charge in [0, 0.05) is 11.6 Å². The summed E-state index contributed by atoms with van der Waals surface area (Å²) >= 11 is 0. The Hall–Kier alpha value is -3.75. The maximum atomic E-state index is 12.3. The number of hydrogen-bond donors (Lipinski definition) is 2. The minimum absolute atomic E-state index is 0.260. The van der Waals surface area contributed by atoms with Crippen LogP contribution in [0.2, 0.25) is 0 Å². The standard InChI is InChI=1S/C19H21N3O6/c1-25-14-7-13(8-15(9-14)26-2)19(24)22-21-10-12-4-5-16(17(6-12)27-3)28-11-18(20)23/h4-10H,11H2,1-3H3,(H2,20,23)(H,22,24)/b21-10-. The van der Waals surface area contributed by atoms with E-state index >= 15 is 0 Å². The van der Waals surface area contributed by atoms with E-state index in [9.17, 15) is 9.59 Å². The number of carbonyl (C=O) groups excluding carboxylic acids is 2. The first-order valence-electron chi connectivity index (χ1n) is 8.12. The first-order chi connectivity index (χ1) is 13.5. The number of hydrogen-bond acceptors (Lipinski definition) is 7. The first-order valence-corrected chi connectivity index (χ1v) is 8.12. The van der Waals surface area contributed by atoms with Crippen molar-refractivity contribution in [2.24, 2.45) is 10.8 Å². The second kappa shape index (κ2) is 9.81. The van der Waals surface area contributed by atoms with Crippen molar-refractivity contribution in [3.63, 3.8) is 0 Å². The fourth-order valence-corrected chi connectivity index (χ4v) is 2.20. The summed E-state index contributed by atoms with van der Waals surface area (Å²) in [5.41, 5.74) is 8.47. The minimum Gasteiger partial charge on any atom is -0.497 e. The molecule has 3 N–H and O–H groups in total. The second-order valence-corrected chi connectivity index (χ2v) is 5.47. The highest BCUT2D eigenvalue weighted by atomic mass is 16.5. The van der Waals surface area contributed by atoms with Gasteiger partial charge in [0.15, 0.2) is 18.1 Å². The molecule has 0 aliphatic rings. The predicted octanol–water partition coefficient (Wildman–Crippen LogP) is 1.34. The number of amides is 2. The molecule has 0 radical (unpaired) electrons. The Balaban J connectivity index is 2.07. The zero-order chi connectivity index (χ0) is 20.5. The Kier molecular flexibility index (Phi) is 7.21. The van der Waals surface area contributed by atoms with Crippen LogP contribution in [0, 0.1) is 0 Å². The van der Waals surface area contributed by atoms with Gasteiger partial charge < -0.3 is 24.7 Å². The zero-order valence-corrected chi connectivity index (χ0v) is 15.7. The summed E-state index contributed by atoms with van der Waals surface area (Å²) in [4.78, 5) is 23.1. The third-order valence-corrected chi connectivity index (χ3v) is 3.55. The maximum absolute atomic E-state index is 12.3. The van der Waals surface area contributed by atoms with E-state index in [4.69, 9.17) is 24.7 Å². The highest BCUT2D eigenvalue weighted by Gasteiger charge is 2.10. The van der Waals surface area contributed by atoms with E-state index in [0.29, 0.717) is 34.1 Å². The smallest absolute Gasteiger partial charge is 0.271 e. The molecule has 0 aliphatic carbocycles. The van der Waals surface area contributed by atoms with Crippen LogP contribution >= 0.6 is 0 Å². The molecule has 0 atom stereocenters. The van der Waals surface area contributed by atoms with Crippen LogP contribution in [-0.4, -0.2) is 46.0 Å². The molecule has 0 spiro atoms. The van der Waals surface area contributed by atoms with Gasteiger partial charge in [-0.05, 0) is 35.9 Å². The van der Waals surface area contributed by atoms with E-state index in [1.54, 1.807) is 36.4 Å². The van der Waals surface area contributed by atoms with Gasteiger partial charge in [-0.2, -0.15) is 5.10 Å². The summed E-state index contributed by atoms with van der Waals surface area (Å²) in [6.07, 6.45) is 1.44. The van der Waals surface area contributed by atoms with Crippen molar-refractivity contribution in [1.29, 1.82) is 0 Å². The number of primary amides is 1. The van der Waals surface area contributed by atoms with Gasteiger partial charge in [0.25, 0.3) is 11.8 Å². The van der Waals surface area contributed by atoms with Crippen LogP contribution in [0.3, 0.4) is 0 Å². The molecule has 148 valence electrons. The van der Waals surface area contributed by atoms with Crippen molar-refractivity contribution in [1.82, 2.24) is 5.43 Å². The van der Waals surface area contributed by atoms with Gasteiger partial charge in [-0.15, -0.1) is 0 Å². The van der Waals surface area contributed by atoms with Crippen molar-refractivity contribution < 1.29 is 28.5 Å². The van der Waals surface area contributed by atoms with Crippen molar-refractivity contribution >= 4 is 18.0 Å². The fraction of sp³-hybridized carbons (Fsp3) is 0.211. The highest BCUT2D eigenvalue weighted by molar-refractivity contribution is 5.95. The zero-order valence-electron chi connectivity index (χ0n) is 15.7. The van der Waals surface area contributed by atoms with Crippen LogP contribution in [0.4, 0.5) is 0 Å². The predicted molar refractivity (Wildman–Crippen MR) is 102 cm³/mol. The molecule has 2 amide bonds. The number of nitrogens with one attached hydrogen (secondary N) is 1. The van der Waals surface area contributed by atoms with Crippen molar-refractivity contribution in [3.8, 4) is 23.0 Å². The van der Waals surface area contributed by atoms with Crippen LogP contribution in [-0.2, 0) is 4.79 Å². The summed E-state index contributed by atoms with van der Waals surface area (Å²) in [5.74, 6) is 0.723. The van der Waals surface area contributed by atoms with E-state index in [-0.39, 0.29) is 6.61 Å². The highest BCUT2D eigenvalue weighted by Crippen LogP contribution is 2.27. The molecule has 0 aliphatic heterocycles. The lowest BCUT2D eigenvalue weighted by Gasteiger charge is -2.10. The molecule has 2 aromatic rings. The third-order valence-electron chi connectivity index (χ3n) is 3.55. The number of benzene rings is 2. The lowest BCUT2D eigenvalue weighted by molar-refractivity contribution is -0.119. The second-order valence-electron chi connectivity index (χ2n) is 5.47. The number of ether oxygens (including phenoxy) is 4. The summed E-state index contributed by atoms with van der Waals surface area (Å²) in [6.45, 7) is -0.260. The summed E-state index contributed by atoms with van der Waals surface area (Å²) < 4.78 is 20.7. The fourth-order valence-electron chi connectivity index (χ4n) is 2.20. The largest absolute Gasteiger partial charge is 0.497 e. The molecule has 0 fully saturated rings. The van der Waals surface area contributed by atoms with Gasteiger partial charge in [0.1, 0.15) is 11.5 Å². The van der Waals surface area contributed by atoms with E-state index in [1.807, 2.05) is 0 Å². The van der Waals surface area contributed by atoms with E-state index < -0.39 is 11.8 Å². The van der Waals surface area contributed by atoms with Gasteiger partial charge in [-0.1, -0.05) is 0 Å².